The molecule has 0 N–H and O–H groups in total. The SMILES string of the molecule is O=[N+]([O-])c1cc(S(=O)(=O)C(F)(F)F)ccc1N1CCOCC1. The maximum Gasteiger partial charge on any atom is 0.501 e. The monoisotopic (exact) mass is 340 g/mol. The number of benzene rings is 1. The summed E-state index contributed by atoms with van der Waals surface area (Å²) in [6.45, 7) is 1.29. The Morgan fingerprint density at radius 1 is 1.23 bits per heavy atom. The standard InChI is InChI=1S/C11H11F3N2O5S/c12-11(13,14)22(19,20)8-1-2-9(10(7-8)16(17)18)15-3-5-21-6-4-15/h1-2,7H,3-6H2. The molecule has 0 aromatic heterocycles. The highest BCUT2D eigenvalue weighted by molar-refractivity contribution is 7.92. The van der Waals surface area contributed by atoms with E-state index >= 15 is 0 Å². The van der Waals surface area contributed by atoms with Crippen molar-refractivity contribution in [2.75, 3.05) is 31.2 Å². The molecule has 1 aliphatic rings. The number of alkyl halides is 3. The molecule has 0 bridgehead atoms. The summed E-state index contributed by atoms with van der Waals surface area (Å²) >= 11 is 0. The van der Waals surface area contributed by atoms with Crippen LogP contribution in [0.4, 0.5) is 24.5 Å². The minimum atomic E-state index is -5.63. The lowest BCUT2D eigenvalue weighted by atomic mass is 10.2. The van der Waals surface area contributed by atoms with E-state index in [2.05, 4.69) is 0 Å². The fraction of sp³-hybridized carbons (Fsp3) is 0.455. The van der Waals surface area contributed by atoms with Gasteiger partial charge in [-0.15, -0.1) is 0 Å². The first kappa shape index (κ1) is 16.5. The van der Waals surface area contributed by atoms with E-state index in [1.165, 1.54) is 0 Å². The summed E-state index contributed by atoms with van der Waals surface area (Å²) in [7, 11) is -5.63. The maximum absolute atomic E-state index is 12.5. The van der Waals surface area contributed by atoms with Crippen molar-refractivity contribution in [2.45, 2.75) is 10.4 Å². The van der Waals surface area contributed by atoms with Crippen LogP contribution >= 0.6 is 0 Å². The number of hydrogen-bond donors (Lipinski definition) is 0. The molecule has 122 valence electrons. The first-order valence-corrected chi connectivity index (χ1v) is 7.55. The summed E-state index contributed by atoms with van der Waals surface area (Å²) in [4.78, 5) is 10.6. The van der Waals surface area contributed by atoms with Crippen LogP contribution in [0.1, 0.15) is 0 Å². The lowest BCUT2D eigenvalue weighted by molar-refractivity contribution is -0.384. The minimum absolute atomic E-state index is 0.0643. The second-order valence-electron chi connectivity index (χ2n) is 4.46. The molecule has 0 saturated carbocycles. The van der Waals surface area contributed by atoms with Crippen molar-refractivity contribution in [2.24, 2.45) is 0 Å². The summed E-state index contributed by atoms with van der Waals surface area (Å²) in [6.07, 6.45) is 0. The van der Waals surface area contributed by atoms with Crippen LogP contribution in [0, 0.1) is 10.1 Å². The van der Waals surface area contributed by atoms with E-state index in [0.717, 1.165) is 12.1 Å². The van der Waals surface area contributed by atoms with Gasteiger partial charge in [0.05, 0.1) is 23.0 Å². The van der Waals surface area contributed by atoms with Crippen molar-refractivity contribution in [3.8, 4) is 0 Å². The van der Waals surface area contributed by atoms with Crippen LogP contribution in [0.25, 0.3) is 0 Å². The molecular formula is C11H11F3N2O5S. The maximum atomic E-state index is 12.5. The summed E-state index contributed by atoms with van der Waals surface area (Å²) in [5.74, 6) is 0. The van der Waals surface area contributed by atoms with Crippen molar-refractivity contribution < 1.29 is 31.2 Å². The van der Waals surface area contributed by atoms with Gasteiger partial charge in [0.25, 0.3) is 15.5 Å². The van der Waals surface area contributed by atoms with E-state index in [4.69, 9.17) is 4.74 Å². The number of nitro benzene ring substituents is 1. The van der Waals surface area contributed by atoms with E-state index in [1.54, 1.807) is 4.90 Å². The molecule has 1 aliphatic heterocycles. The molecule has 0 aliphatic carbocycles. The third-order valence-corrected chi connectivity index (χ3v) is 4.59. The van der Waals surface area contributed by atoms with Crippen LogP contribution in [0.2, 0.25) is 0 Å². The number of morpholine rings is 1. The molecule has 1 fully saturated rings. The Hall–Kier alpha value is -1.88. The van der Waals surface area contributed by atoms with Gasteiger partial charge in [0.2, 0.25) is 0 Å². The molecule has 7 nitrogen and oxygen atoms in total. The van der Waals surface area contributed by atoms with Crippen LogP contribution in [0.3, 0.4) is 0 Å². The van der Waals surface area contributed by atoms with Gasteiger partial charge >= 0.3 is 5.51 Å². The van der Waals surface area contributed by atoms with Crippen LogP contribution in [0.5, 0.6) is 0 Å². The van der Waals surface area contributed by atoms with E-state index < -0.39 is 30.9 Å². The van der Waals surface area contributed by atoms with Gasteiger partial charge in [-0.05, 0) is 12.1 Å². The number of rotatable bonds is 3. The van der Waals surface area contributed by atoms with Crippen molar-refractivity contribution in [3.05, 3.63) is 28.3 Å². The van der Waals surface area contributed by atoms with Gasteiger partial charge in [0, 0.05) is 19.2 Å². The number of nitrogens with zero attached hydrogens (tertiary/aromatic N) is 2. The molecule has 11 heteroatoms. The average molecular weight is 340 g/mol. The molecule has 22 heavy (non-hydrogen) atoms. The molecule has 2 rings (SSSR count). The number of ether oxygens (including phenoxy) is 1. The predicted octanol–water partition coefficient (Wildman–Crippen LogP) is 1.72. The zero-order chi connectivity index (χ0) is 16.5. The first-order chi connectivity index (χ1) is 10.1. The molecule has 1 heterocycles. The zero-order valence-electron chi connectivity index (χ0n) is 11.0. The van der Waals surface area contributed by atoms with Gasteiger partial charge in [-0.25, -0.2) is 8.42 Å². The quantitative estimate of drug-likeness (QED) is 0.615. The number of sulfone groups is 1. The fourth-order valence-electron chi connectivity index (χ4n) is 2.02. The van der Waals surface area contributed by atoms with Crippen LogP contribution in [0.15, 0.2) is 23.1 Å². The highest BCUT2D eigenvalue weighted by Gasteiger charge is 2.47. The molecule has 1 aromatic rings. The third kappa shape index (κ3) is 2.99. The van der Waals surface area contributed by atoms with Crippen LogP contribution in [-0.4, -0.2) is 45.2 Å². The Morgan fingerprint density at radius 3 is 2.32 bits per heavy atom. The highest BCUT2D eigenvalue weighted by atomic mass is 32.2. The average Bonchev–Trinajstić information content (AvgIpc) is 2.46. The van der Waals surface area contributed by atoms with Gasteiger partial charge < -0.3 is 9.64 Å². The normalized spacial score (nSPS) is 16.6. The third-order valence-electron chi connectivity index (χ3n) is 3.11. The summed E-state index contributed by atoms with van der Waals surface area (Å²) in [6, 6.07) is 2.18. The summed E-state index contributed by atoms with van der Waals surface area (Å²) < 4.78 is 65.3. The molecule has 0 atom stereocenters. The second kappa shape index (κ2) is 5.72. The van der Waals surface area contributed by atoms with Gasteiger partial charge in [-0.1, -0.05) is 0 Å². The number of hydrogen-bond acceptors (Lipinski definition) is 6. The van der Waals surface area contributed by atoms with Crippen LogP contribution < -0.4 is 4.90 Å². The lowest BCUT2D eigenvalue weighted by Crippen LogP contribution is -2.36. The first-order valence-electron chi connectivity index (χ1n) is 6.07. The Labute approximate surface area is 123 Å². The molecular weight excluding hydrogens is 329 g/mol. The van der Waals surface area contributed by atoms with E-state index in [0.29, 0.717) is 32.4 Å². The van der Waals surface area contributed by atoms with E-state index in [9.17, 15) is 31.7 Å². The smallest absolute Gasteiger partial charge is 0.378 e. The Balaban J connectivity index is 2.50. The van der Waals surface area contributed by atoms with Crippen molar-refractivity contribution >= 4 is 21.2 Å². The molecule has 0 unspecified atom stereocenters. The van der Waals surface area contributed by atoms with Crippen LogP contribution in [-0.2, 0) is 14.6 Å². The van der Waals surface area contributed by atoms with Gasteiger partial charge in [0.15, 0.2) is 0 Å². The number of anilines is 1. The fourth-order valence-corrected chi connectivity index (χ4v) is 2.80. The lowest BCUT2D eigenvalue weighted by Gasteiger charge is -2.28. The van der Waals surface area contributed by atoms with Gasteiger partial charge in [0.1, 0.15) is 5.69 Å². The van der Waals surface area contributed by atoms with Gasteiger partial charge in [-0.3, -0.25) is 10.1 Å². The number of halogens is 3. The Bertz CT molecular complexity index is 683. The minimum Gasteiger partial charge on any atom is -0.378 e. The predicted molar refractivity (Wildman–Crippen MR) is 69.4 cm³/mol. The molecule has 0 amide bonds. The van der Waals surface area contributed by atoms with Crippen molar-refractivity contribution in [1.29, 1.82) is 0 Å². The van der Waals surface area contributed by atoms with E-state index in [-0.39, 0.29) is 5.69 Å². The second-order valence-corrected chi connectivity index (χ2v) is 6.40. The van der Waals surface area contributed by atoms with E-state index in [1.807, 2.05) is 0 Å². The topological polar surface area (TPSA) is 89.8 Å². The molecule has 0 radical (unpaired) electrons. The highest BCUT2D eigenvalue weighted by Crippen LogP contribution is 2.36. The molecule has 1 aromatic carbocycles. The molecule has 0 spiro atoms. The molecule has 1 saturated heterocycles. The largest absolute Gasteiger partial charge is 0.501 e. The Morgan fingerprint density at radius 2 is 1.82 bits per heavy atom. The summed E-state index contributed by atoms with van der Waals surface area (Å²) in [5, 5.41) is 11.1. The summed E-state index contributed by atoms with van der Waals surface area (Å²) in [5.41, 5.74) is -6.14. The zero-order valence-corrected chi connectivity index (χ0v) is 11.9. The number of nitro groups is 1. The van der Waals surface area contributed by atoms with Gasteiger partial charge in [-0.2, -0.15) is 13.2 Å². The van der Waals surface area contributed by atoms with Crippen molar-refractivity contribution in [3.63, 3.8) is 0 Å². The van der Waals surface area contributed by atoms with Crippen molar-refractivity contribution in [1.82, 2.24) is 0 Å². The Kier molecular flexibility index (Phi) is 4.29.